The van der Waals surface area contributed by atoms with Crippen molar-refractivity contribution in [2.75, 3.05) is 26.3 Å². The SMILES string of the molecule is C=CCOC(=O)CCC1C(=O)N(CCCCCCCCN2C(=O)C(CCC(=O)OCC=C)N(Cc3ccc(Cl)cc3)C2=O)C(=O)N1Cc1ccc(Cl)cc1. The molecule has 0 saturated carbocycles. The molecular formula is C40H48Cl2N4O8. The molecule has 0 N–H and O–H groups in total. The summed E-state index contributed by atoms with van der Waals surface area (Å²) in [4.78, 5) is 83.7. The molecule has 2 heterocycles. The molecule has 2 aliphatic rings. The summed E-state index contributed by atoms with van der Waals surface area (Å²) in [5.41, 5.74) is 1.63. The molecule has 2 saturated heterocycles. The third kappa shape index (κ3) is 11.9. The highest BCUT2D eigenvalue weighted by atomic mass is 35.5. The van der Waals surface area contributed by atoms with E-state index in [1.165, 1.54) is 31.8 Å². The Morgan fingerprint density at radius 2 is 0.944 bits per heavy atom. The number of ether oxygens (including phenoxy) is 2. The molecular weight excluding hydrogens is 735 g/mol. The summed E-state index contributed by atoms with van der Waals surface area (Å²) in [5.74, 6) is -1.59. The van der Waals surface area contributed by atoms with Crippen molar-refractivity contribution in [1.29, 1.82) is 0 Å². The molecule has 12 nitrogen and oxygen atoms in total. The molecule has 2 aromatic rings. The van der Waals surface area contributed by atoms with Crippen LogP contribution in [0.15, 0.2) is 73.8 Å². The molecule has 6 amide bonds. The molecule has 14 heteroatoms. The van der Waals surface area contributed by atoms with Gasteiger partial charge in [-0.1, -0.05) is 98.5 Å². The molecule has 54 heavy (non-hydrogen) atoms. The number of hydrogen-bond acceptors (Lipinski definition) is 8. The van der Waals surface area contributed by atoms with Gasteiger partial charge < -0.3 is 19.3 Å². The van der Waals surface area contributed by atoms with Gasteiger partial charge in [0.15, 0.2) is 0 Å². The standard InChI is InChI=1S/C40H48Cl2N4O8/c1-3-25-53-35(47)21-19-33-37(49)43(39(51)45(33)27-29-11-15-31(41)16-12-29)23-9-7-5-6-8-10-24-44-38(50)34(20-22-36(48)54-26-4-2)46(40(44)52)28-30-13-17-32(42)18-14-30/h3-4,11-18,33-34H,1-2,5-10,19-28H2. The molecule has 0 radical (unpaired) electrons. The van der Waals surface area contributed by atoms with E-state index in [1.807, 2.05) is 0 Å². The number of carbonyl (C=O) groups is 6. The number of carbonyl (C=O) groups excluding carboxylic acids is 6. The van der Waals surface area contributed by atoms with Gasteiger partial charge in [-0.05, 0) is 61.1 Å². The smallest absolute Gasteiger partial charge is 0.327 e. The number of rotatable bonds is 23. The van der Waals surface area contributed by atoms with Crippen LogP contribution in [0.3, 0.4) is 0 Å². The summed E-state index contributed by atoms with van der Waals surface area (Å²) in [7, 11) is 0. The largest absolute Gasteiger partial charge is 0.461 e. The van der Waals surface area contributed by atoms with Crippen molar-refractivity contribution >= 4 is 59.0 Å². The van der Waals surface area contributed by atoms with Gasteiger partial charge in [0.25, 0.3) is 11.8 Å². The zero-order chi connectivity index (χ0) is 39.0. The Hall–Kier alpha value is -4.68. The normalized spacial score (nSPS) is 17.1. The maximum Gasteiger partial charge on any atom is 0.327 e. The minimum atomic E-state index is -0.784. The van der Waals surface area contributed by atoms with Crippen LogP contribution < -0.4 is 0 Å². The Morgan fingerprint density at radius 1 is 0.593 bits per heavy atom. The predicted octanol–water partition coefficient (Wildman–Crippen LogP) is 7.32. The lowest BCUT2D eigenvalue weighted by Crippen LogP contribution is -2.35. The summed E-state index contributed by atoms with van der Waals surface area (Å²) < 4.78 is 10.1. The van der Waals surface area contributed by atoms with Gasteiger partial charge in [-0.2, -0.15) is 0 Å². The fourth-order valence-electron chi connectivity index (χ4n) is 6.49. The fraction of sp³-hybridized carbons (Fsp3) is 0.450. The zero-order valence-electron chi connectivity index (χ0n) is 30.5. The van der Waals surface area contributed by atoms with Crippen molar-refractivity contribution in [2.45, 2.75) is 89.4 Å². The second-order valence-corrected chi connectivity index (χ2v) is 14.1. The van der Waals surface area contributed by atoms with Gasteiger partial charge in [-0.15, -0.1) is 0 Å². The molecule has 0 bridgehead atoms. The molecule has 2 atom stereocenters. The molecule has 2 fully saturated rings. The number of unbranched alkanes of at least 4 members (excludes halogenated alkanes) is 5. The van der Waals surface area contributed by atoms with E-state index in [2.05, 4.69) is 13.2 Å². The van der Waals surface area contributed by atoms with Crippen molar-refractivity contribution in [3.8, 4) is 0 Å². The van der Waals surface area contributed by atoms with Crippen LogP contribution in [0.4, 0.5) is 9.59 Å². The van der Waals surface area contributed by atoms with E-state index in [0.29, 0.717) is 22.9 Å². The Bertz CT molecular complexity index is 1530. The van der Waals surface area contributed by atoms with Crippen LogP contribution in [0.1, 0.15) is 75.3 Å². The number of imide groups is 2. The Labute approximate surface area is 326 Å². The first-order chi connectivity index (χ1) is 26.0. The van der Waals surface area contributed by atoms with Crippen LogP contribution in [0.2, 0.25) is 10.0 Å². The summed E-state index contributed by atoms with van der Waals surface area (Å²) in [6.07, 6.45) is 7.65. The Balaban J connectivity index is 1.24. The second kappa shape index (κ2) is 21.3. The lowest BCUT2D eigenvalue weighted by atomic mass is 10.1. The number of esters is 2. The molecule has 2 aromatic carbocycles. The van der Waals surface area contributed by atoms with Crippen molar-refractivity contribution in [3.63, 3.8) is 0 Å². The lowest BCUT2D eigenvalue weighted by Gasteiger charge is -2.22. The minimum Gasteiger partial charge on any atom is -0.461 e. The van der Waals surface area contributed by atoms with Gasteiger partial charge in [0.05, 0.1) is 0 Å². The lowest BCUT2D eigenvalue weighted by molar-refractivity contribution is -0.144. The third-order valence-corrected chi connectivity index (χ3v) is 9.83. The van der Waals surface area contributed by atoms with E-state index < -0.39 is 36.1 Å². The number of hydrogen-bond donors (Lipinski definition) is 0. The second-order valence-electron chi connectivity index (χ2n) is 13.2. The van der Waals surface area contributed by atoms with Crippen LogP contribution in [0.25, 0.3) is 0 Å². The molecule has 2 aliphatic heterocycles. The van der Waals surface area contributed by atoms with E-state index in [4.69, 9.17) is 32.7 Å². The third-order valence-electron chi connectivity index (χ3n) is 9.32. The van der Waals surface area contributed by atoms with E-state index in [9.17, 15) is 28.8 Å². The summed E-state index contributed by atoms with van der Waals surface area (Å²) in [6.45, 7) is 8.14. The van der Waals surface area contributed by atoms with Crippen molar-refractivity contribution in [2.24, 2.45) is 0 Å². The molecule has 0 spiro atoms. The minimum absolute atomic E-state index is 0.0110. The molecule has 2 unspecified atom stereocenters. The van der Waals surface area contributed by atoms with Gasteiger partial charge in [-0.25, -0.2) is 9.59 Å². The quantitative estimate of drug-likeness (QED) is 0.0496. The first-order valence-corrected chi connectivity index (χ1v) is 19.1. The highest BCUT2D eigenvalue weighted by Gasteiger charge is 2.45. The van der Waals surface area contributed by atoms with E-state index in [-0.39, 0.29) is 76.9 Å². The number of benzene rings is 2. The topological polar surface area (TPSA) is 134 Å². The average molecular weight is 784 g/mol. The number of nitrogens with zero attached hydrogens (tertiary/aromatic N) is 4. The summed E-state index contributed by atoms with van der Waals surface area (Å²) in [6, 6.07) is 11.7. The molecule has 4 rings (SSSR count). The average Bonchev–Trinajstić information content (AvgIpc) is 3.52. The monoisotopic (exact) mass is 782 g/mol. The highest BCUT2D eigenvalue weighted by Crippen LogP contribution is 2.27. The number of halogens is 2. The number of urea groups is 2. The molecule has 290 valence electrons. The van der Waals surface area contributed by atoms with Crippen LogP contribution in [-0.2, 0) is 41.7 Å². The Kier molecular flexibility index (Phi) is 16.6. The maximum atomic E-state index is 13.5. The van der Waals surface area contributed by atoms with Gasteiger partial charge in [0.1, 0.15) is 25.3 Å². The Morgan fingerprint density at radius 3 is 1.30 bits per heavy atom. The van der Waals surface area contributed by atoms with E-state index >= 15 is 0 Å². The molecule has 0 aromatic heterocycles. The van der Waals surface area contributed by atoms with Gasteiger partial charge in [0, 0.05) is 49.1 Å². The van der Waals surface area contributed by atoms with Crippen molar-refractivity contribution in [1.82, 2.24) is 19.6 Å². The first-order valence-electron chi connectivity index (χ1n) is 18.3. The first kappa shape index (κ1) is 42.1. The molecule has 0 aliphatic carbocycles. The summed E-state index contributed by atoms with van der Waals surface area (Å²) in [5, 5.41) is 1.12. The highest BCUT2D eigenvalue weighted by molar-refractivity contribution is 6.30. The van der Waals surface area contributed by atoms with Crippen LogP contribution in [0.5, 0.6) is 0 Å². The summed E-state index contributed by atoms with van der Waals surface area (Å²) >= 11 is 12.1. The fourth-order valence-corrected chi connectivity index (χ4v) is 6.75. The van der Waals surface area contributed by atoms with Gasteiger partial charge in [0.2, 0.25) is 0 Å². The van der Waals surface area contributed by atoms with Gasteiger partial charge >= 0.3 is 24.0 Å². The van der Waals surface area contributed by atoms with Crippen molar-refractivity contribution < 1.29 is 38.2 Å². The van der Waals surface area contributed by atoms with Crippen molar-refractivity contribution in [3.05, 3.63) is 95.0 Å². The predicted molar refractivity (Wildman–Crippen MR) is 204 cm³/mol. The van der Waals surface area contributed by atoms with Crippen LogP contribution in [0, 0.1) is 0 Å². The zero-order valence-corrected chi connectivity index (χ0v) is 32.0. The van der Waals surface area contributed by atoms with Crippen LogP contribution in [-0.4, -0.2) is 93.8 Å². The van der Waals surface area contributed by atoms with E-state index in [0.717, 1.165) is 36.8 Å². The maximum absolute atomic E-state index is 13.5. The number of amides is 6. The van der Waals surface area contributed by atoms with Crippen LogP contribution >= 0.6 is 23.2 Å². The van der Waals surface area contributed by atoms with E-state index in [1.54, 1.807) is 48.5 Å². The van der Waals surface area contributed by atoms with Gasteiger partial charge in [-0.3, -0.25) is 29.0 Å².